The van der Waals surface area contributed by atoms with Gasteiger partial charge in [0.2, 0.25) is 17.7 Å². The number of ether oxygens (including phenoxy) is 1. The number of carboxylic acid groups (broad SMARTS) is 1. The van der Waals surface area contributed by atoms with Crippen LogP contribution in [0.1, 0.15) is 66.4 Å². The van der Waals surface area contributed by atoms with E-state index in [2.05, 4.69) is 26.6 Å². The van der Waals surface area contributed by atoms with Gasteiger partial charge in [-0.05, 0) is 57.2 Å². The summed E-state index contributed by atoms with van der Waals surface area (Å²) >= 11 is 0. The second-order valence-corrected chi connectivity index (χ2v) is 12.9. The van der Waals surface area contributed by atoms with Crippen LogP contribution in [0.2, 0.25) is 0 Å². The van der Waals surface area contributed by atoms with Crippen LogP contribution in [0.5, 0.6) is 0 Å². The van der Waals surface area contributed by atoms with Crippen molar-refractivity contribution in [2.75, 3.05) is 32.0 Å². The van der Waals surface area contributed by atoms with Gasteiger partial charge in [0.15, 0.2) is 0 Å². The summed E-state index contributed by atoms with van der Waals surface area (Å²) in [7, 11) is 1.87. The van der Waals surface area contributed by atoms with E-state index in [-0.39, 0.29) is 24.9 Å². The topological polar surface area (TPSA) is 272 Å². The quantitative estimate of drug-likeness (QED) is 0.0656. The van der Waals surface area contributed by atoms with Crippen LogP contribution in [0, 0.1) is 11.3 Å². The molecule has 0 fully saturated rings. The van der Waals surface area contributed by atoms with Gasteiger partial charge in [-0.3, -0.25) is 38.5 Å². The van der Waals surface area contributed by atoms with Crippen molar-refractivity contribution in [3.05, 3.63) is 42.0 Å². The van der Waals surface area contributed by atoms with Gasteiger partial charge in [-0.25, -0.2) is 4.79 Å². The number of nitrogens with two attached hydrogens (primary N) is 1. The molecule has 0 spiro atoms. The number of aldehydes is 1. The first-order chi connectivity index (χ1) is 24.8. The lowest BCUT2D eigenvalue weighted by atomic mass is 9.97. The molecular weight excluding hydrogens is 694 g/mol. The van der Waals surface area contributed by atoms with Gasteiger partial charge < -0.3 is 47.0 Å². The van der Waals surface area contributed by atoms with E-state index >= 15 is 0 Å². The van der Waals surface area contributed by atoms with Gasteiger partial charge in [-0.15, -0.1) is 0 Å². The fourth-order valence-corrected chi connectivity index (χ4v) is 3.93. The number of carbonyl (C=O) groups excluding carboxylic acids is 8. The van der Waals surface area contributed by atoms with Gasteiger partial charge in [0, 0.05) is 37.9 Å². The van der Waals surface area contributed by atoms with Crippen molar-refractivity contribution in [1.29, 1.82) is 0 Å². The summed E-state index contributed by atoms with van der Waals surface area (Å²) in [5, 5.41) is 21.4. The molecular formula is C35H53N7O11. The van der Waals surface area contributed by atoms with E-state index in [0.29, 0.717) is 24.3 Å². The zero-order valence-electron chi connectivity index (χ0n) is 31.3. The maximum atomic E-state index is 12.6. The highest BCUT2D eigenvalue weighted by Crippen LogP contribution is 2.17. The van der Waals surface area contributed by atoms with E-state index in [1.807, 2.05) is 59.0 Å². The molecule has 18 nitrogen and oxygen atoms in total. The fraction of sp³-hybridized carbons (Fsp3) is 0.514. The molecule has 7 amide bonds. The summed E-state index contributed by atoms with van der Waals surface area (Å²) in [6, 6.07) is 5.01. The largest absolute Gasteiger partial charge is 0.481 e. The number of hydrogen-bond donors (Lipinski definition) is 7. The van der Waals surface area contributed by atoms with Gasteiger partial charge in [0.1, 0.15) is 31.5 Å². The molecule has 53 heavy (non-hydrogen) atoms. The molecule has 0 saturated carbocycles. The molecule has 8 N–H and O–H groups in total. The van der Waals surface area contributed by atoms with Crippen molar-refractivity contribution < 1.29 is 53.0 Å². The van der Waals surface area contributed by atoms with Crippen LogP contribution in [-0.2, 0) is 49.7 Å². The number of amides is 7. The fourth-order valence-electron chi connectivity index (χ4n) is 3.93. The van der Waals surface area contributed by atoms with Crippen molar-refractivity contribution in [2.24, 2.45) is 17.1 Å². The summed E-state index contributed by atoms with van der Waals surface area (Å²) in [6.45, 7) is 10.9. The van der Waals surface area contributed by atoms with Crippen LogP contribution >= 0.6 is 0 Å². The van der Waals surface area contributed by atoms with Crippen molar-refractivity contribution >= 4 is 59.5 Å². The lowest BCUT2D eigenvalue weighted by Gasteiger charge is -2.25. The molecule has 1 aliphatic rings. The Kier molecular flexibility index (Phi) is 21.7. The summed E-state index contributed by atoms with van der Waals surface area (Å²) in [5.41, 5.74) is 6.33. The number of urea groups is 1. The number of carboxylic acids is 1. The molecule has 1 heterocycles. The van der Waals surface area contributed by atoms with Crippen LogP contribution in [0.4, 0.5) is 10.5 Å². The minimum absolute atomic E-state index is 0.176. The molecule has 0 radical (unpaired) electrons. The lowest BCUT2D eigenvalue weighted by Crippen LogP contribution is -2.56. The molecule has 0 aromatic heterocycles. The maximum absolute atomic E-state index is 12.6. The predicted octanol–water partition coefficient (Wildman–Crippen LogP) is 0.599. The van der Waals surface area contributed by atoms with E-state index in [4.69, 9.17) is 15.6 Å². The Morgan fingerprint density at radius 1 is 0.943 bits per heavy atom. The Balaban J connectivity index is 0.000000971. The third-order valence-electron chi connectivity index (χ3n) is 6.88. The number of carbonyl (C=O) groups is 9. The predicted molar refractivity (Wildman–Crippen MR) is 194 cm³/mol. The SMILES string of the molecule is CC(C)C(NC(=O)C(CCC(=O)O)NC(=O)CN1C(=O)C=CC1=O)C(=O)NCC=O.CCCNC(N)=O.CNc1ccc(COC(=O)C(C)(C)C)cc1. The number of anilines is 1. The number of esters is 1. The number of imide groups is 1. The normalized spacial score (nSPS) is 12.9. The molecule has 0 saturated heterocycles. The average molecular weight is 748 g/mol. The van der Waals surface area contributed by atoms with Gasteiger partial charge in [-0.2, -0.15) is 0 Å². The molecule has 2 rings (SSSR count). The average Bonchev–Trinajstić information content (AvgIpc) is 3.41. The molecule has 1 aromatic carbocycles. The first-order valence-electron chi connectivity index (χ1n) is 16.8. The number of aliphatic carboxylic acids is 1. The minimum atomic E-state index is -1.32. The number of nitrogens with zero attached hydrogens (tertiary/aromatic N) is 1. The van der Waals surface area contributed by atoms with Crippen LogP contribution in [0.25, 0.3) is 0 Å². The molecule has 1 aromatic rings. The smallest absolute Gasteiger partial charge is 0.312 e. The first-order valence-corrected chi connectivity index (χ1v) is 16.8. The Hall–Kier alpha value is -5.81. The first kappa shape index (κ1) is 47.2. The number of benzene rings is 1. The third-order valence-corrected chi connectivity index (χ3v) is 6.88. The number of rotatable bonds is 17. The number of hydrogen-bond acceptors (Lipinski definition) is 11. The van der Waals surface area contributed by atoms with Gasteiger partial charge in [0.25, 0.3) is 11.8 Å². The Morgan fingerprint density at radius 3 is 1.96 bits per heavy atom. The number of primary amides is 1. The lowest BCUT2D eigenvalue weighted by molar-refractivity contribution is -0.154. The minimum Gasteiger partial charge on any atom is -0.481 e. The summed E-state index contributed by atoms with van der Waals surface area (Å²) in [6.07, 6.45) is 2.66. The Labute approximate surface area is 309 Å². The molecule has 2 unspecified atom stereocenters. The van der Waals surface area contributed by atoms with E-state index in [9.17, 15) is 43.2 Å². The van der Waals surface area contributed by atoms with Crippen LogP contribution < -0.4 is 32.3 Å². The molecule has 0 aliphatic carbocycles. The van der Waals surface area contributed by atoms with Gasteiger partial charge >= 0.3 is 18.0 Å². The zero-order valence-corrected chi connectivity index (χ0v) is 31.3. The molecule has 0 bridgehead atoms. The standard InChI is InChI=1S/C18H24N4O8.C13H19NO2.C4H10N2O/c1-10(2)16(18(30)19-7-8-23)21-17(29)11(3-6-15(27)28)20-12(24)9-22-13(25)4-5-14(22)26;1-13(2,3)12(15)16-9-10-5-7-11(14-4)8-6-10;1-2-3-6-4(5)7/h4-5,8,10-11,16H,3,6-7,9H2,1-2H3,(H,19,30)(H,20,24)(H,21,29)(H,27,28);5-8,14H,9H2,1-4H3;2-3H2,1H3,(H3,5,6,7). The monoisotopic (exact) mass is 747 g/mol. The van der Waals surface area contributed by atoms with Crippen LogP contribution in [0.15, 0.2) is 36.4 Å². The van der Waals surface area contributed by atoms with E-state index < -0.39 is 72.0 Å². The Morgan fingerprint density at radius 2 is 1.53 bits per heavy atom. The highest BCUT2D eigenvalue weighted by molar-refractivity contribution is 6.14. The maximum Gasteiger partial charge on any atom is 0.312 e. The summed E-state index contributed by atoms with van der Waals surface area (Å²) in [4.78, 5) is 103. The Bertz CT molecular complexity index is 1440. The van der Waals surface area contributed by atoms with Gasteiger partial charge in [-0.1, -0.05) is 32.9 Å². The van der Waals surface area contributed by atoms with Crippen LogP contribution in [-0.4, -0.2) is 103 Å². The zero-order chi connectivity index (χ0) is 40.7. The third kappa shape index (κ3) is 20.0. The van der Waals surface area contributed by atoms with Crippen molar-refractivity contribution in [3.63, 3.8) is 0 Å². The summed E-state index contributed by atoms with van der Waals surface area (Å²) < 4.78 is 5.21. The van der Waals surface area contributed by atoms with E-state index in [1.54, 1.807) is 13.8 Å². The molecule has 294 valence electrons. The van der Waals surface area contributed by atoms with E-state index in [0.717, 1.165) is 29.8 Å². The second kappa shape index (κ2) is 24.4. The van der Waals surface area contributed by atoms with Crippen molar-refractivity contribution in [2.45, 2.75) is 79.5 Å². The highest BCUT2D eigenvalue weighted by Gasteiger charge is 2.31. The van der Waals surface area contributed by atoms with Gasteiger partial charge in [0.05, 0.1) is 12.0 Å². The summed E-state index contributed by atoms with van der Waals surface area (Å²) in [5.74, 6) is -5.41. The van der Waals surface area contributed by atoms with Crippen LogP contribution in [0.3, 0.4) is 0 Å². The molecule has 2 atom stereocenters. The van der Waals surface area contributed by atoms with Crippen molar-refractivity contribution in [1.82, 2.24) is 26.2 Å². The second-order valence-electron chi connectivity index (χ2n) is 12.9. The van der Waals surface area contributed by atoms with E-state index in [1.165, 1.54) is 0 Å². The van der Waals surface area contributed by atoms with Crippen molar-refractivity contribution in [3.8, 4) is 0 Å². The number of nitrogens with one attached hydrogen (secondary N) is 5. The molecule has 1 aliphatic heterocycles. The highest BCUT2D eigenvalue weighted by atomic mass is 16.5. The molecule has 18 heteroatoms.